The number of nitrogens with one attached hydrogen (secondary N) is 1. The zero-order valence-electron chi connectivity index (χ0n) is 14.7. The minimum Gasteiger partial charge on any atom is -0.325 e. The van der Waals surface area contributed by atoms with Gasteiger partial charge in [-0.3, -0.25) is 4.79 Å². The molecule has 0 unspecified atom stereocenters. The van der Waals surface area contributed by atoms with Gasteiger partial charge < -0.3 is 5.32 Å². The van der Waals surface area contributed by atoms with Crippen molar-refractivity contribution in [2.24, 2.45) is 0 Å². The van der Waals surface area contributed by atoms with E-state index in [4.69, 9.17) is 0 Å². The molecular weight excluding hydrogens is 387 g/mol. The summed E-state index contributed by atoms with van der Waals surface area (Å²) in [6.07, 6.45) is 2.82. The molecule has 5 nitrogen and oxygen atoms in total. The highest BCUT2D eigenvalue weighted by molar-refractivity contribution is 8.00. The average molecular weight is 409 g/mol. The quantitative estimate of drug-likeness (QED) is 0.740. The van der Waals surface area contributed by atoms with Gasteiger partial charge in [0.2, 0.25) is 15.9 Å². The number of thioether (sulfide) groups is 1. The SMILES string of the molecule is O=C(CSc1ccccc1F)Nc1ccc(S(=O)(=O)N2CCCCC2)cc1. The number of halogens is 1. The fraction of sp³-hybridized carbons (Fsp3) is 0.316. The van der Waals surface area contributed by atoms with Crippen LogP contribution < -0.4 is 5.32 Å². The van der Waals surface area contributed by atoms with E-state index >= 15 is 0 Å². The van der Waals surface area contributed by atoms with Crippen LogP contribution >= 0.6 is 11.8 Å². The smallest absolute Gasteiger partial charge is 0.243 e. The van der Waals surface area contributed by atoms with Gasteiger partial charge in [-0.2, -0.15) is 4.31 Å². The molecule has 2 aromatic carbocycles. The van der Waals surface area contributed by atoms with Crippen molar-refractivity contribution in [2.45, 2.75) is 29.1 Å². The first kappa shape index (κ1) is 19.9. The van der Waals surface area contributed by atoms with Gasteiger partial charge in [0, 0.05) is 23.7 Å². The Hall–Kier alpha value is -1.90. The van der Waals surface area contributed by atoms with E-state index in [-0.39, 0.29) is 22.4 Å². The van der Waals surface area contributed by atoms with Crippen LogP contribution in [0.25, 0.3) is 0 Å². The Kier molecular flexibility index (Phi) is 6.51. The van der Waals surface area contributed by atoms with Crippen molar-refractivity contribution in [1.82, 2.24) is 4.31 Å². The molecule has 0 bridgehead atoms. The van der Waals surface area contributed by atoms with Crippen molar-refractivity contribution in [2.75, 3.05) is 24.2 Å². The number of hydrogen-bond acceptors (Lipinski definition) is 4. The summed E-state index contributed by atoms with van der Waals surface area (Å²) < 4.78 is 40.3. The van der Waals surface area contributed by atoms with E-state index in [0.717, 1.165) is 31.0 Å². The zero-order valence-corrected chi connectivity index (χ0v) is 16.4. The van der Waals surface area contributed by atoms with Gasteiger partial charge in [0.05, 0.1) is 10.6 Å². The molecule has 3 rings (SSSR count). The van der Waals surface area contributed by atoms with E-state index in [1.807, 2.05) is 0 Å². The number of nitrogens with zero attached hydrogens (tertiary/aromatic N) is 1. The van der Waals surface area contributed by atoms with Crippen molar-refractivity contribution < 1.29 is 17.6 Å². The van der Waals surface area contributed by atoms with Crippen LogP contribution in [0.1, 0.15) is 19.3 Å². The number of rotatable bonds is 6. The number of piperidine rings is 1. The van der Waals surface area contributed by atoms with Crippen molar-refractivity contribution in [3.63, 3.8) is 0 Å². The van der Waals surface area contributed by atoms with Crippen LogP contribution in [0.15, 0.2) is 58.3 Å². The van der Waals surface area contributed by atoms with Crippen molar-refractivity contribution in [1.29, 1.82) is 0 Å². The van der Waals surface area contributed by atoms with Crippen molar-refractivity contribution in [3.8, 4) is 0 Å². The number of anilines is 1. The molecule has 2 aromatic rings. The third-order valence-corrected chi connectivity index (χ3v) is 7.25. The van der Waals surface area contributed by atoms with Gasteiger partial charge in [-0.15, -0.1) is 11.8 Å². The lowest BCUT2D eigenvalue weighted by Gasteiger charge is -2.25. The Morgan fingerprint density at radius 2 is 1.70 bits per heavy atom. The lowest BCUT2D eigenvalue weighted by atomic mass is 10.2. The normalized spacial score (nSPS) is 15.4. The van der Waals surface area contributed by atoms with Crippen LogP contribution in [0.2, 0.25) is 0 Å². The Morgan fingerprint density at radius 3 is 2.37 bits per heavy atom. The lowest BCUT2D eigenvalue weighted by Crippen LogP contribution is -2.35. The van der Waals surface area contributed by atoms with E-state index in [2.05, 4.69) is 5.32 Å². The summed E-state index contributed by atoms with van der Waals surface area (Å²) in [5.41, 5.74) is 0.506. The predicted molar refractivity (Wildman–Crippen MR) is 105 cm³/mol. The Balaban J connectivity index is 1.58. The lowest BCUT2D eigenvalue weighted by molar-refractivity contribution is -0.113. The second-order valence-corrected chi connectivity index (χ2v) is 9.21. The first-order valence-electron chi connectivity index (χ1n) is 8.74. The molecule has 27 heavy (non-hydrogen) atoms. The molecule has 1 saturated heterocycles. The van der Waals surface area contributed by atoms with Gasteiger partial charge in [-0.1, -0.05) is 18.6 Å². The number of sulfonamides is 1. The number of benzene rings is 2. The average Bonchev–Trinajstić information content (AvgIpc) is 2.68. The molecule has 8 heteroatoms. The molecule has 1 amide bonds. The maximum Gasteiger partial charge on any atom is 0.243 e. The number of carbonyl (C=O) groups is 1. The summed E-state index contributed by atoms with van der Waals surface area (Å²) in [5, 5.41) is 2.70. The van der Waals surface area contributed by atoms with E-state index < -0.39 is 10.0 Å². The summed E-state index contributed by atoms with van der Waals surface area (Å²) >= 11 is 1.11. The molecule has 144 valence electrons. The Morgan fingerprint density at radius 1 is 1.04 bits per heavy atom. The molecule has 0 aromatic heterocycles. The van der Waals surface area contributed by atoms with Crippen molar-refractivity contribution in [3.05, 3.63) is 54.3 Å². The van der Waals surface area contributed by atoms with E-state index in [1.54, 1.807) is 30.3 Å². The summed E-state index contributed by atoms with van der Waals surface area (Å²) in [5.74, 6) is -0.577. The minimum atomic E-state index is -3.48. The largest absolute Gasteiger partial charge is 0.325 e. The number of amides is 1. The molecule has 0 spiro atoms. The maximum atomic E-state index is 13.6. The van der Waals surface area contributed by atoms with Crippen molar-refractivity contribution >= 4 is 33.4 Å². The topological polar surface area (TPSA) is 66.5 Å². The highest BCUT2D eigenvalue weighted by Gasteiger charge is 2.25. The highest BCUT2D eigenvalue weighted by atomic mass is 32.2. The molecular formula is C19H21FN2O3S2. The molecule has 0 saturated carbocycles. The van der Waals surface area contributed by atoms with E-state index in [0.29, 0.717) is 23.7 Å². The van der Waals surface area contributed by atoms with Crippen LogP contribution in [0.5, 0.6) is 0 Å². The Bertz CT molecular complexity index is 895. The second kappa shape index (κ2) is 8.86. The molecule has 0 radical (unpaired) electrons. The van der Waals surface area contributed by atoms with Gasteiger partial charge in [0.1, 0.15) is 5.82 Å². The first-order valence-corrected chi connectivity index (χ1v) is 11.2. The number of hydrogen-bond donors (Lipinski definition) is 1. The van der Waals surface area contributed by atoms with Gasteiger partial charge in [0.25, 0.3) is 0 Å². The number of carbonyl (C=O) groups excluding carboxylic acids is 1. The maximum absolute atomic E-state index is 13.6. The molecule has 1 aliphatic heterocycles. The summed E-state index contributed by atoms with van der Waals surface area (Å²) in [7, 11) is -3.48. The summed E-state index contributed by atoms with van der Waals surface area (Å²) in [6, 6.07) is 12.4. The van der Waals surface area contributed by atoms with Crippen LogP contribution in [0, 0.1) is 5.82 Å². The fourth-order valence-electron chi connectivity index (χ4n) is 2.87. The molecule has 1 fully saturated rings. The molecule has 1 heterocycles. The third-order valence-electron chi connectivity index (χ3n) is 4.29. The highest BCUT2D eigenvalue weighted by Crippen LogP contribution is 2.23. The van der Waals surface area contributed by atoms with Gasteiger partial charge in [-0.25, -0.2) is 12.8 Å². The van der Waals surface area contributed by atoms with E-state index in [1.165, 1.54) is 22.5 Å². The fourth-order valence-corrected chi connectivity index (χ4v) is 5.12. The van der Waals surface area contributed by atoms with Crippen LogP contribution in [-0.4, -0.2) is 37.5 Å². The summed E-state index contributed by atoms with van der Waals surface area (Å²) in [6.45, 7) is 1.10. The van der Waals surface area contributed by atoms with Crippen LogP contribution in [-0.2, 0) is 14.8 Å². The summed E-state index contributed by atoms with van der Waals surface area (Å²) in [4.78, 5) is 12.7. The standard InChI is InChI=1S/C19H21FN2O3S2/c20-17-6-2-3-7-18(17)26-14-19(23)21-15-8-10-16(11-9-15)27(24,25)22-12-4-1-5-13-22/h2-3,6-11H,1,4-5,12-14H2,(H,21,23). The van der Waals surface area contributed by atoms with E-state index in [9.17, 15) is 17.6 Å². The first-order chi connectivity index (χ1) is 13.0. The van der Waals surface area contributed by atoms with Gasteiger partial charge in [0.15, 0.2) is 0 Å². The molecule has 0 atom stereocenters. The molecule has 0 aliphatic carbocycles. The third kappa shape index (κ3) is 5.09. The van der Waals surface area contributed by atoms with Gasteiger partial charge >= 0.3 is 0 Å². The second-order valence-electron chi connectivity index (χ2n) is 6.26. The van der Waals surface area contributed by atoms with Crippen LogP contribution in [0.3, 0.4) is 0 Å². The van der Waals surface area contributed by atoms with Crippen LogP contribution in [0.4, 0.5) is 10.1 Å². The van der Waals surface area contributed by atoms with Gasteiger partial charge in [-0.05, 0) is 49.2 Å². The Labute approximate surface area is 163 Å². The molecule has 1 N–H and O–H groups in total. The predicted octanol–water partition coefficient (Wildman–Crippen LogP) is 3.73. The molecule has 1 aliphatic rings. The monoisotopic (exact) mass is 408 g/mol. The minimum absolute atomic E-state index is 0.0642. The zero-order chi connectivity index (χ0) is 19.3.